The van der Waals surface area contributed by atoms with E-state index >= 15 is 0 Å². The molecule has 0 radical (unpaired) electrons. The molecule has 5 fully saturated rings. The van der Waals surface area contributed by atoms with Gasteiger partial charge in [0.15, 0.2) is 0 Å². The fourth-order valence-corrected chi connectivity index (χ4v) is 7.05. The summed E-state index contributed by atoms with van der Waals surface area (Å²) in [6.45, 7) is 2.14. The Morgan fingerprint density at radius 1 is 1.34 bits per heavy atom. The number of hydrogen-bond acceptors (Lipinski definition) is 3. The van der Waals surface area contributed by atoms with Gasteiger partial charge in [-0.2, -0.15) is 0 Å². The number of nitrogens with zero attached hydrogens (tertiary/aromatic N) is 2. The van der Waals surface area contributed by atoms with Gasteiger partial charge in [-0.25, -0.2) is 4.98 Å². The summed E-state index contributed by atoms with van der Waals surface area (Å²) < 4.78 is 0. The van der Waals surface area contributed by atoms with Crippen molar-refractivity contribution in [2.45, 2.75) is 87.8 Å². The van der Waals surface area contributed by atoms with Gasteiger partial charge in [-0.1, -0.05) is 18.5 Å². The van der Waals surface area contributed by atoms with Crippen molar-refractivity contribution in [1.29, 1.82) is 0 Å². The van der Waals surface area contributed by atoms with Crippen LogP contribution in [0.3, 0.4) is 0 Å². The third kappa shape index (κ3) is 2.84. The molecular formula is C23H28ClN3O2. The van der Waals surface area contributed by atoms with E-state index < -0.39 is 5.60 Å². The van der Waals surface area contributed by atoms with Crippen molar-refractivity contribution < 1.29 is 9.90 Å². The summed E-state index contributed by atoms with van der Waals surface area (Å²) in [5.74, 6) is 1.47. The predicted molar refractivity (Wildman–Crippen MR) is 112 cm³/mol. The van der Waals surface area contributed by atoms with Gasteiger partial charge in [-0.3, -0.25) is 4.79 Å². The standard InChI is InChI=1S/C23H28ClN3O2/c1-12(17-10-25-22-21(17)20(14-2-3-14)18(24)11-26-22)4-19(28)27-15-5-13-6-16(27)9-23(29,7-13)8-15/h10-16,29H,2-9H2,1H3,(H,25,26). The zero-order valence-corrected chi connectivity index (χ0v) is 17.6. The van der Waals surface area contributed by atoms with Gasteiger partial charge < -0.3 is 15.0 Å². The van der Waals surface area contributed by atoms with Gasteiger partial charge in [0.2, 0.25) is 5.91 Å². The number of hydrogen-bond donors (Lipinski definition) is 2. The van der Waals surface area contributed by atoms with Crippen LogP contribution in [0.4, 0.5) is 0 Å². The second-order valence-corrected chi connectivity index (χ2v) is 10.6. The van der Waals surface area contributed by atoms with Crippen molar-refractivity contribution in [1.82, 2.24) is 14.9 Å². The van der Waals surface area contributed by atoms with Crippen LogP contribution in [0.5, 0.6) is 0 Å². The Morgan fingerprint density at radius 3 is 2.72 bits per heavy atom. The molecule has 3 unspecified atom stereocenters. The van der Waals surface area contributed by atoms with E-state index in [0.717, 1.165) is 53.7 Å². The molecular weight excluding hydrogens is 386 g/mol. The van der Waals surface area contributed by atoms with Crippen LogP contribution in [-0.4, -0.2) is 43.6 Å². The van der Waals surface area contributed by atoms with E-state index in [0.29, 0.717) is 18.3 Å². The third-order valence-corrected chi connectivity index (χ3v) is 8.21. The second kappa shape index (κ2) is 6.21. The number of aromatic nitrogens is 2. The molecule has 3 aliphatic carbocycles. The van der Waals surface area contributed by atoms with Gasteiger partial charge in [0, 0.05) is 36.3 Å². The first-order chi connectivity index (χ1) is 13.9. The summed E-state index contributed by atoms with van der Waals surface area (Å²) in [6, 6.07) is 0.458. The van der Waals surface area contributed by atoms with Crippen LogP contribution < -0.4 is 0 Å². The number of halogens is 1. The van der Waals surface area contributed by atoms with E-state index in [1.165, 1.54) is 18.4 Å². The fourth-order valence-electron chi connectivity index (χ4n) is 6.75. The van der Waals surface area contributed by atoms with Crippen LogP contribution >= 0.6 is 11.6 Å². The highest BCUT2D eigenvalue weighted by molar-refractivity contribution is 6.32. The Morgan fingerprint density at radius 2 is 2.07 bits per heavy atom. The number of aromatic amines is 1. The summed E-state index contributed by atoms with van der Waals surface area (Å²) >= 11 is 6.52. The molecule has 4 heterocycles. The number of fused-ring (bicyclic) bond motifs is 1. The van der Waals surface area contributed by atoms with Crippen molar-refractivity contribution in [2.75, 3.05) is 0 Å². The van der Waals surface area contributed by atoms with Crippen molar-refractivity contribution in [3.8, 4) is 0 Å². The van der Waals surface area contributed by atoms with Gasteiger partial charge in [-0.15, -0.1) is 0 Å². The molecule has 4 bridgehead atoms. The molecule has 0 aromatic carbocycles. The quantitative estimate of drug-likeness (QED) is 0.775. The smallest absolute Gasteiger partial charge is 0.223 e. The molecule has 1 amide bonds. The first-order valence-corrected chi connectivity index (χ1v) is 11.5. The molecule has 5 nitrogen and oxygen atoms in total. The number of nitrogens with one attached hydrogen (secondary N) is 1. The van der Waals surface area contributed by atoms with Gasteiger partial charge >= 0.3 is 0 Å². The minimum atomic E-state index is -0.517. The summed E-state index contributed by atoms with van der Waals surface area (Å²) in [5.41, 5.74) is 2.73. The minimum absolute atomic E-state index is 0.106. The number of amides is 1. The Kier molecular flexibility index (Phi) is 3.90. The molecule has 2 N–H and O–H groups in total. The number of H-pyrrole nitrogens is 1. The molecule has 3 saturated carbocycles. The van der Waals surface area contributed by atoms with Crippen molar-refractivity contribution in [3.63, 3.8) is 0 Å². The molecule has 29 heavy (non-hydrogen) atoms. The summed E-state index contributed by atoms with van der Waals surface area (Å²) in [6.07, 6.45) is 11.2. The summed E-state index contributed by atoms with van der Waals surface area (Å²) in [4.78, 5) is 23.3. The van der Waals surface area contributed by atoms with Crippen LogP contribution in [0.25, 0.3) is 11.0 Å². The number of rotatable bonds is 4. The van der Waals surface area contributed by atoms with Crippen LogP contribution in [0.1, 0.15) is 81.3 Å². The molecule has 3 atom stereocenters. The maximum Gasteiger partial charge on any atom is 0.223 e. The topological polar surface area (TPSA) is 69.2 Å². The zero-order chi connectivity index (χ0) is 19.9. The van der Waals surface area contributed by atoms with E-state index in [4.69, 9.17) is 11.6 Å². The lowest BCUT2D eigenvalue weighted by Gasteiger charge is -2.59. The molecule has 2 aromatic rings. The monoisotopic (exact) mass is 413 g/mol. The van der Waals surface area contributed by atoms with Gasteiger partial charge in [0.25, 0.3) is 0 Å². The molecule has 6 heteroatoms. The zero-order valence-electron chi connectivity index (χ0n) is 16.8. The molecule has 154 valence electrons. The lowest BCUT2D eigenvalue weighted by atomic mass is 9.61. The van der Waals surface area contributed by atoms with Crippen molar-refractivity contribution in [2.24, 2.45) is 5.92 Å². The summed E-state index contributed by atoms with van der Waals surface area (Å²) in [7, 11) is 0. The number of piperidine rings is 2. The van der Waals surface area contributed by atoms with E-state index in [2.05, 4.69) is 21.8 Å². The number of carbonyl (C=O) groups excluding carboxylic acids is 1. The van der Waals surface area contributed by atoms with Crippen LogP contribution in [0.2, 0.25) is 5.02 Å². The molecule has 2 aliphatic heterocycles. The highest BCUT2D eigenvalue weighted by atomic mass is 35.5. The van der Waals surface area contributed by atoms with E-state index in [1.807, 2.05) is 6.20 Å². The highest BCUT2D eigenvalue weighted by Crippen LogP contribution is 2.52. The highest BCUT2D eigenvalue weighted by Gasteiger charge is 2.55. The first kappa shape index (κ1) is 18.2. The average molecular weight is 414 g/mol. The van der Waals surface area contributed by atoms with Crippen molar-refractivity contribution in [3.05, 3.63) is 28.5 Å². The average Bonchev–Trinajstić information content (AvgIpc) is 3.37. The number of aliphatic hydroxyl groups is 1. The number of carbonyl (C=O) groups is 1. The second-order valence-electron chi connectivity index (χ2n) is 10.1. The SMILES string of the molecule is CC(CC(=O)N1C2CC3CC1CC(O)(C3)C2)c1c[nH]c2ncc(Cl)c(C3CC3)c12. The fraction of sp³-hybridized carbons (Fsp3) is 0.652. The molecule has 0 spiro atoms. The molecule has 2 aromatic heterocycles. The van der Waals surface area contributed by atoms with E-state index in [-0.39, 0.29) is 23.9 Å². The Hall–Kier alpha value is -1.59. The molecule has 7 rings (SSSR count). The molecule has 5 aliphatic rings. The van der Waals surface area contributed by atoms with Crippen molar-refractivity contribution >= 4 is 28.5 Å². The minimum Gasteiger partial charge on any atom is -0.390 e. The van der Waals surface area contributed by atoms with Gasteiger partial charge in [0.1, 0.15) is 5.65 Å². The van der Waals surface area contributed by atoms with E-state index in [1.54, 1.807) is 6.20 Å². The van der Waals surface area contributed by atoms with Gasteiger partial charge in [0.05, 0.1) is 10.6 Å². The summed E-state index contributed by atoms with van der Waals surface area (Å²) in [5, 5.41) is 12.7. The van der Waals surface area contributed by atoms with Crippen LogP contribution in [0, 0.1) is 5.92 Å². The maximum absolute atomic E-state index is 13.4. The van der Waals surface area contributed by atoms with Crippen LogP contribution in [0.15, 0.2) is 12.4 Å². The normalized spacial score (nSPS) is 34.2. The number of pyridine rings is 1. The first-order valence-electron chi connectivity index (χ1n) is 11.1. The Bertz CT molecular complexity index is 981. The third-order valence-electron chi connectivity index (χ3n) is 7.91. The molecule has 2 saturated heterocycles. The van der Waals surface area contributed by atoms with Crippen LogP contribution in [-0.2, 0) is 4.79 Å². The van der Waals surface area contributed by atoms with Gasteiger partial charge in [-0.05, 0) is 73.8 Å². The lowest BCUT2D eigenvalue weighted by Crippen LogP contribution is -2.65. The predicted octanol–water partition coefficient (Wildman–Crippen LogP) is 4.49. The Labute approximate surface area is 175 Å². The van der Waals surface area contributed by atoms with E-state index in [9.17, 15) is 9.90 Å². The maximum atomic E-state index is 13.4. The largest absolute Gasteiger partial charge is 0.390 e. The lowest BCUT2D eigenvalue weighted by molar-refractivity contribution is -0.174. The Balaban J connectivity index is 1.27.